The molecule has 8 nitrogen and oxygen atoms in total. The molecule has 0 bridgehead atoms. The number of imide groups is 1. The number of urea groups is 1. The molecule has 0 radical (unpaired) electrons. The first-order valence-electron chi connectivity index (χ1n) is 10.7. The number of carboxylic acids is 1. The summed E-state index contributed by atoms with van der Waals surface area (Å²) in [5.41, 5.74) is 7.98. The molecule has 3 aromatic carbocycles. The van der Waals surface area contributed by atoms with Crippen LogP contribution in [0.5, 0.6) is 0 Å². The summed E-state index contributed by atoms with van der Waals surface area (Å²) in [6.07, 6.45) is 0. The summed E-state index contributed by atoms with van der Waals surface area (Å²) < 4.78 is 0. The second kappa shape index (κ2) is 9.99. The Labute approximate surface area is 208 Å². The molecule has 1 saturated heterocycles. The largest absolute Gasteiger partial charge is 0.480 e. The lowest BCUT2D eigenvalue weighted by Gasteiger charge is -2.32. The van der Waals surface area contributed by atoms with E-state index in [9.17, 15) is 19.5 Å². The molecule has 4 rings (SSSR count). The molecule has 3 amide bonds. The fourth-order valence-corrected chi connectivity index (χ4v) is 4.17. The first-order valence-corrected chi connectivity index (χ1v) is 10.7. The lowest BCUT2D eigenvalue weighted by Crippen LogP contribution is -2.44. The van der Waals surface area contributed by atoms with E-state index in [0.29, 0.717) is 11.1 Å². The monoisotopic (exact) mass is 492 g/mol. The number of rotatable bonds is 7. The van der Waals surface area contributed by atoms with Gasteiger partial charge in [-0.3, -0.25) is 19.9 Å². The van der Waals surface area contributed by atoms with Crippen molar-refractivity contribution in [1.29, 1.82) is 5.41 Å². The number of hydrogen-bond acceptors (Lipinski definition) is 4. The third-order valence-corrected chi connectivity index (χ3v) is 6.12. The Morgan fingerprint density at radius 2 is 1.51 bits per heavy atom. The van der Waals surface area contributed by atoms with Gasteiger partial charge >= 0.3 is 12.0 Å². The van der Waals surface area contributed by atoms with E-state index in [4.69, 9.17) is 11.1 Å². The Bertz CT molecular complexity index is 1260. The van der Waals surface area contributed by atoms with Gasteiger partial charge in [0.2, 0.25) is 0 Å². The zero-order chi connectivity index (χ0) is 24.5. The topological polar surface area (TPSA) is 128 Å². The number of nitrogens with zero attached hydrogens (tertiary/aromatic N) is 2. The van der Waals surface area contributed by atoms with Crippen molar-refractivity contribution in [2.75, 3.05) is 6.54 Å². The van der Waals surface area contributed by atoms with Crippen LogP contribution in [0.1, 0.15) is 23.6 Å². The van der Waals surface area contributed by atoms with Crippen LogP contribution in [-0.2, 0) is 21.7 Å². The smallest absolute Gasteiger partial charge is 0.328 e. The Morgan fingerprint density at radius 1 is 0.943 bits per heavy atom. The van der Waals surface area contributed by atoms with E-state index in [1.54, 1.807) is 31.2 Å². The summed E-state index contributed by atoms with van der Waals surface area (Å²) >= 11 is 0. The predicted molar refractivity (Wildman–Crippen MR) is 134 cm³/mol. The van der Waals surface area contributed by atoms with E-state index in [-0.39, 0.29) is 24.8 Å². The van der Waals surface area contributed by atoms with Gasteiger partial charge in [-0.15, -0.1) is 12.4 Å². The van der Waals surface area contributed by atoms with Crippen molar-refractivity contribution in [2.24, 2.45) is 5.73 Å². The number of amides is 3. The van der Waals surface area contributed by atoms with Crippen molar-refractivity contribution in [3.8, 4) is 11.1 Å². The second-order valence-electron chi connectivity index (χ2n) is 8.28. The van der Waals surface area contributed by atoms with Crippen molar-refractivity contribution >= 4 is 36.2 Å². The lowest BCUT2D eigenvalue weighted by atomic mass is 9.89. The minimum Gasteiger partial charge on any atom is -0.480 e. The van der Waals surface area contributed by atoms with Gasteiger partial charge in [0.25, 0.3) is 5.91 Å². The van der Waals surface area contributed by atoms with Gasteiger partial charge in [0.1, 0.15) is 17.9 Å². The minimum atomic E-state index is -1.42. The van der Waals surface area contributed by atoms with E-state index < -0.39 is 30.0 Å². The van der Waals surface area contributed by atoms with Crippen LogP contribution < -0.4 is 5.73 Å². The number of benzene rings is 3. The van der Waals surface area contributed by atoms with E-state index >= 15 is 0 Å². The number of nitrogens with two attached hydrogens (primary N) is 1. The number of nitrogens with one attached hydrogen (secondary N) is 1. The summed E-state index contributed by atoms with van der Waals surface area (Å²) in [4.78, 5) is 40.1. The number of aliphatic carboxylic acids is 1. The third-order valence-electron chi connectivity index (χ3n) is 6.12. The van der Waals surface area contributed by atoms with Crippen LogP contribution in [0.4, 0.5) is 4.79 Å². The van der Waals surface area contributed by atoms with Crippen molar-refractivity contribution in [2.45, 2.75) is 19.0 Å². The van der Waals surface area contributed by atoms with Crippen LogP contribution in [0.25, 0.3) is 11.1 Å². The van der Waals surface area contributed by atoms with E-state index in [1.807, 2.05) is 54.6 Å². The fourth-order valence-electron chi connectivity index (χ4n) is 4.17. The fraction of sp³-hybridized carbons (Fsp3) is 0.154. The minimum absolute atomic E-state index is 0. The predicted octanol–water partition coefficient (Wildman–Crippen LogP) is 3.82. The van der Waals surface area contributed by atoms with Crippen LogP contribution in [-0.4, -0.2) is 45.2 Å². The Balaban J connectivity index is 0.00000342. The molecule has 1 atom stereocenters. The molecule has 35 heavy (non-hydrogen) atoms. The Morgan fingerprint density at radius 3 is 2.06 bits per heavy atom. The molecule has 4 N–H and O–H groups in total. The van der Waals surface area contributed by atoms with Gasteiger partial charge in [-0.25, -0.2) is 4.79 Å². The average molecular weight is 493 g/mol. The van der Waals surface area contributed by atoms with Crippen LogP contribution in [0.3, 0.4) is 0 Å². The van der Waals surface area contributed by atoms with Gasteiger partial charge in [-0.1, -0.05) is 78.9 Å². The molecule has 1 fully saturated rings. The molecular weight excluding hydrogens is 468 g/mol. The summed E-state index contributed by atoms with van der Waals surface area (Å²) in [6, 6.07) is 23.3. The summed E-state index contributed by atoms with van der Waals surface area (Å²) in [7, 11) is 0. The molecule has 1 aliphatic rings. The molecule has 1 aliphatic heterocycles. The number of halogens is 1. The van der Waals surface area contributed by atoms with Crippen molar-refractivity contribution < 1.29 is 19.5 Å². The number of carboxylic acid groups (broad SMARTS) is 1. The zero-order valence-electron chi connectivity index (χ0n) is 19.0. The molecule has 3 aromatic rings. The van der Waals surface area contributed by atoms with Crippen LogP contribution >= 0.6 is 12.4 Å². The number of carbonyl (C=O) groups is 3. The normalized spacial score (nSPS) is 17.3. The van der Waals surface area contributed by atoms with Crippen LogP contribution in [0, 0.1) is 5.41 Å². The highest BCUT2D eigenvalue weighted by atomic mass is 35.5. The highest BCUT2D eigenvalue weighted by molar-refractivity contribution is 6.08. The number of hydrogen-bond donors (Lipinski definition) is 3. The van der Waals surface area contributed by atoms with Gasteiger partial charge in [-0.05, 0) is 29.2 Å². The summed E-state index contributed by atoms with van der Waals surface area (Å²) in [5.74, 6) is -2.00. The maximum atomic E-state index is 13.4. The number of carbonyl (C=O) groups excluding carboxylic acids is 2. The maximum absolute atomic E-state index is 13.4. The van der Waals surface area contributed by atoms with Crippen LogP contribution in [0.2, 0.25) is 0 Å². The van der Waals surface area contributed by atoms with Gasteiger partial charge in [-0.2, -0.15) is 0 Å². The quantitative estimate of drug-likeness (QED) is 0.262. The highest BCUT2D eigenvalue weighted by Gasteiger charge is 2.55. The Kier molecular flexibility index (Phi) is 7.26. The molecule has 1 heterocycles. The van der Waals surface area contributed by atoms with Crippen molar-refractivity contribution in [1.82, 2.24) is 9.80 Å². The van der Waals surface area contributed by atoms with Crippen LogP contribution in [0.15, 0.2) is 78.9 Å². The molecule has 0 aliphatic carbocycles. The highest BCUT2D eigenvalue weighted by Crippen LogP contribution is 2.38. The van der Waals surface area contributed by atoms with Gasteiger partial charge < -0.3 is 15.7 Å². The molecular formula is C26H25ClN4O4. The molecule has 0 spiro atoms. The molecule has 0 aromatic heterocycles. The van der Waals surface area contributed by atoms with Crippen molar-refractivity contribution in [3.05, 3.63) is 95.6 Å². The second-order valence-corrected chi connectivity index (χ2v) is 8.28. The first-order chi connectivity index (χ1) is 16.2. The molecule has 0 saturated carbocycles. The summed E-state index contributed by atoms with van der Waals surface area (Å²) in [6.45, 7) is 0.999. The van der Waals surface area contributed by atoms with E-state index in [0.717, 1.165) is 21.6 Å². The average Bonchev–Trinajstić information content (AvgIpc) is 3.01. The lowest BCUT2D eigenvalue weighted by molar-refractivity contribution is -0.143. The van der Waals surface area contributed by atoms with Crippen molar-refractivity contribution in [3.63, 3.8) is 0 Å². The molecule has 9 heteroatoms. The summed E-state index contributed by atoms with van der Waals surface area (Å²) in [5, 5.41) is 16.8. The standard InChI is InChI=1S/C26H24N4O4.ClH/c1-26(21-13-11-20(12-14-21)23(27)28)24(33)29(16-22(31)32)25(34)30(26)15-17-7-9-19(10-8-17)18-5-3-2-4-6-18;/h2-14H,15-16H2,1H3,(H3,27,28)(H,31,32);1H. The Hall–Kier alpha value is -4.17. The third kappa shape index (κ3) is 4.74. The van der Waals surface area contributed by atoms with E-state index in [2.05, 4.69) is 0 Å². The number of nitrogen functional groups attached to an aromatic ring is 1. The van der Waals surface area contributed by atoms with Gasteiger partial charge in [0.15, 0.2) is 0 Å². The number of amidine groups is 1. The molecule has 1 unspecified atom stereocenters. The van der Waals surface area contributed by atoms with Gasteiger partial charge in [0, 0.05) is 12.1 Å². The first kappa shape index (κ1) is 25.5. The SMILES string of the molecule is CC1(c2ccc(C(=N)N)cc2)C(=O)N(CC(=O)O)C(=O)N1Cc1ccc(-c2ccccc2)cc1.Cl. The maximum Gasteiger partial charge on any atom is 0.328 e. The van der Waals surface area contributed by atoms with Gasteiger partial charge in [0.05, 0.1) is 0 Å². The molecule has 180 valence electrons. The zero-order valence-corrected chi connectivity index (χ0v) is 19.8. The van der Waals surface area contributed by atoms with E-state index in [1.165, 1.54) is 4.90 Å².